The summed E-state index contributed by atoms with van der Waals surface area (Å²) in [5.41, 5.74) is 6.58. The second kappa shape index (κ2) is 3.14. The van der Waals surface area contributed by atoms with Crippen LogP contribution in [-0.2, 0) is 0 Å². The highest BCUT2D eigenvalue weighted by Crippen LogP contribution is 2.19. The molecular formula is C10H13N4+. The number of nitrogens with zero attached hydrogens (tertiary/aromatic N) is 2. The van der Waals surface area contributed by atoms with Crippen LogP contribution in [0.2, 0.25) is 0 Å². The number of hydrogen-bond donors (Lipinski definition) is 1. The number of fused-ring (bicyclic) bond motifs is 1. The minimum atomic E-state index is 0.437. The highest BCUT2D eigenvalue weighted by molar-refractivity contribution is 5.88. The van der Waals surface area contributed by atoms with Crippen molar-refractivity contribution in [1.29, 1.82) is 0 Å². The fourth-order valence-electron chi connectivity index (χ4n) is 1.47. The Labute approximate surface area is 82.4 Å². The van der Waals surface area contributed by atoms with E-state index in [2.05, 4.69) is 9.97 Å². The van der Waals surface area contributed by atoms with Crippen LogP contribution in [0.4, 0.5) is 11.8 Å². The predicted octanol–water partition coefficient (Wildman–Crippen LogP) is 0.697. The average molecular weight is 189 g/mol. The van der Waals surface area contributed by atoms with E-state index in [1.54, 1.807) is 0 Å². The number of nitrogens with one attached hydrogen (secondary N) is 1. The largest absolute Gasteiger partial charge is 0.342 e. The van der Waals surface area contributed by atoms with Crippen molar-refractivity contribution in [3.05, 3.63) is 24.3 Å². The van der Waals surface area contributed by atoms with E-state index in [1.807, 2.05) is 43.3 Å². The number of aromatic nitrogens is 2. The van der Waals surface area contributed by atoms with Gasteiger partial charge in [0.2, 0.25) is 5.82 Å². The van der Waals surface area contributed by atoms with Crippen molar-refractivity contribution in [3.63, 3.8) is 0 Å². The van der Waals surface area contributed by atoms with Crippen LogP contribution in [0.1, 0.15) is 0 Å². The molecule has 1 aromatic heterocycles. The van der Waals surface area contributed by atoms with Crippen LogP contribution in [0.15, 0.2) is 24.3 Å². The summed E-state index contributed by atoms with van der Waals surface area (Å²) in [5, 5.41) is 1.08. The first kappa shape index (κ1) is 8.74. The molecule has 0 bridgehead atoms. The zero-order valence-electron chi connectivity index (χ0n) is 8.28. The molecule has 0 atom stereocenters. The number of nitrogens with two attached hydrogens (primary N) is 1. The second-order valence-electron chi connectivity index (χ2n) is 3.38. The summed E-state index contributed by atoms with van der Waals surface area (Å²) in [7, 11) is 3.94. The molecule has 4 heteroatoms. The molecule has 0 unspecified atom stereocenters. The van der Waals surface area contributed by atoms with Crippen LogP contribution >= 0.6 is 0 Å². The fraction of sp³-hybridized carbons (Fsp3) is 0.200. The van der Waals surface area contributed by atoms with Crippen molar-refractivity contribution in [1.82, 2.24) is 4.98 Å². The molecule has 1 aromatic carbocycles. The van der Waals surface area contributed by atoms with E-state index in [9.17, 15) is 0 Å². The third-order valence-corrected chi connectivity index (χ3v) is 2.09. The van der Waals surface area contributed by atoms with E-state index in [0.717, 1.165) is 16.7 Å². The summed E-state index contributed by atoms with van der Waals surface area (Å²) in [6.07, 6.45) is 0. The van der Waals surface area contributed by atoms with E-state index < -0.39 is 0 Å². The molecule has 0 saturated carbocycles. The highest BCUT2D eigenvalue weighted by Gasteiger charge is 2.11. The van der Waals surface area contributed by atoms with Gasteiger partial charge in [-0.15, -0.1) is 4.98 Å². The molecule has 0 fully saturated rings. The Morgan fingerprint density at radius 2 is 2.00 bits per heavy atom. The summed E-state index contributed by atoms with van der Waals surface area (Å²) in [4.78, 5) is 9.24. The first-order chi connectivity index (χ1) is 6.68. The number of H-pyrrole nitrogens is 1. The maximum atomic E-state index is 5.67. The number of para-hydroxylation sites is 1. The minimum absolute atomic E-state index is 0.437. The molecular weight excluding hydrogens is 176 g/mol. The van der Waals surface area contributed by atoms with Gasteiger partial charge in [0.25, 0.3) is 0 Å². The number of rotatable bonds is 1. The highest BCUT2D eigenvalue weighted by atomic mass is 15.2. The summed E-state index contributed by atoms with van der Waals surface area (Å²) < 4.78 is 0. The molecule has 0 amide bonds. The molecule has 72 valence electrons. The predicted molar refractivity (Wildman–Crippen MR) is 57.0 cm³/mol. The Morgan fingerprint density at radius 1 is 1.29 bits per heavy atom. The van der Waals surface area contributed by atoms with Crippen LogP contribution < -0.4 is 15.6 Å². The molecule has 4 nitrogen and oxygen atoms in total. The van der Waals surface area contributed by atoms with E-state index in [4.69, 9.17) is 5.73 Å². The summed E-state index contributed by atoms with van der Waals surface area (Å²) in [6, 6.07) is 7.91. The average Bonchev–Trinajstić information content (AvgIpc) is 2.16. The van der Waals surface area contributed by atoms with Gasteiger partial charge in [-0.2, -0.15) is 0 Å². The van der Waals surface area contributed by atoms with Gasteiger partial charge in [-0.3, -0.25) is 0 Å². The van der Waals surface area contributed by atoms with Crippen molar-refractivity contribution < 1.29 is 4.98 Å². The van der Waals surface area contributed by atoms with Crippen molar-refractivity contribution in [2.45, 2.75) is 0 Å². The van der Waals surface area contributed by atoms with Crippen LogP contribution in [-0.4, -0.2) is 19.1 Å². The molecule has 0 spiro atoms. The number of aromatic amines is 1. The SMILES string of the molecule is CN(C)c1[nH+]c(N)nc2ccccc12. The second-order valence-corrected chi connectivity index (χ2v) is 3.38. The van der Waals surface area contributed by atoms with Gasteiger partial charge in [0, 0.05) is 14.1 Å². The topological polar surface area (TPSA) is 56.3 Å². The third-order valence-electron chi connectivity index (χ3n) is 2.09. The Hall–Kier alpha value is -1.84. The van der Waals surface area contributed by atoms with Crippen LogP contribution in [0, 0.1) is 0 Å². The van der Waals surface area contributed by atoms with Gasteiger partial charge in [0.15, 0.2) is 0 Å². The summed E-state index contributed by atoms with van der Waals surface area (Å²) in [6.45, 7) is 0. The maximum absolute atomic E-state index is 5.67. The molecule has 0 saturated heterocycles. The Kier molecular flexibility index (Phi) is 1.96. The van der Waals surface area contributed by atoms with Gasteiger partial charge in [0.05, 0.1) is 5.39 Å². The fourth-order valence-corrected chi connectivity index (χ4v) is 1.47. The Bertz CT molecular complexity index is 465. The number of anilines is 2. The van der Waals surface area contributed by atoms with Gasteiger partial charge in [0.1, 0.15) is 5.52 Å². The van der Waals surface area contributed by atoms with Crippen LogP contribution in [0.25, 0.3) is 10.9 Å². The standard InChI is InChI=1S/C10H12N4/c1-14(2)9-7-5-3-4-6-8(7)12-10(11)13-9/h3-6H,1-2H3,(H2,11,12,13)/p+1. The van der Waals surface area contributed by atoms with E-state index >= 15 is 0 Å². The first-order valence-electron chi connectivity index (χ1n) is 4.43. The van der Waals surface area contributed by atoms with Crippen LogP contribution in [0.5, 0.6) is 0 Å². The number of benzene rings is 1. The smallest absolute Gasteiger partial charge is 0.313 e. The zero-order chi connectivity index (χ0) is 10.1. The third kappa shape index (κ3) is 1.35. The Balaban J connectivity index is 2.80. The van der Waals surface area contributed by atoms with Crippen LogP contribution in [0.3, 0.4) is 0 Å². The number of hydrogen-bond acceptors (Lipinski definition) is 3. The Morgan fingerprint density at radius 3 is 2.71 bits per heavy atom. The van der Waals surface area contributed by atoms with Gasteiger partial charge >= 0.3 is 5.95 Å². The first-order valence-corrected chi connectivity index (χ1v) is 4.43. The molecule has 0 radical (unpaired) electrons. The van der Waals surface area contributed by atoms with Gasteiger partial charge in [-0.25, -0.2) is 4.98 Å². The number of nitrogen functional groups attached to an aromatic ring is 1. The van der Waals surface area contributed by atoms with Gasteiger partial charge in [-0.1, -0.05) is 12.1 Å². The molecule has 1 heterocycles. The van der Waals surface area contributed by atoms with E-state index in [0.29, 0.717) is 5.95 Å². The zero-order valence-corrected chi connectivity index (χ0v) is 8.28. The van der Waals surface area contributed by atoms with Crippen molar-refractivity contribution in [2.75, 3.05) is 24.7 Å². The normalized spacial score (nSPS) is 10.4. The van der Waals surface area contributed by atoms with Crippen molar-refractivity contribution in [3.8, 4) is 0 Å². The molecule has 14 heavy (non-hydrogen) atoms. The molecule has 3 N–H and O–H groups in total. The molecule has 2 aromatic rings. The lowest BCUT2D eigenvalue weighted by atomic mass is 10.2. The molecule has 0 aliphatic carbocycles. The van der Waals surface area contributed by atoms with Crippen molar-refractivity contribution >= 4 is 22.7 Å². The van der Waals surface area contributed by atoms with E-state index in [1.165, 1.54) is 0 Å². The lowest BCUT2D eigenvalue weighted by molar-refractivity contribution is -0.347. The summed E-state index contributed by atoms with van der Waals surface area (Å²) in [5.74, 6) is 1.42. The lowest BCUT2D eigenvalue weighted by Gasteiger charge is -2.09. The summed E-state index contributed by atoms with van der Waals surface area (Å²) >= 11 is 0. The maximum Gasteiger partial charge on any atom is 0.342 e. The van der Waals surface area contributed by atoms with Crippen molar-refractivity contribution in [2.24, 2.45) is 0 Å². The van der Waals surface area contributed by atoms with Gasteiger partial charge < -0.3 is 10.6 Å². The molecule has 0 aliphatic rings. The monoisotopic (exact) mass is 189 g/mol. The lowest BCUT2D eigenvalue weighted by Crippen LogP contribution is -2.24. The molecule has 0 aliphatic heterocycles. The van der Waals surface area contributed by atoms with Gasteiger partial charge in [-0.05, 0) is 12.1 Å². The minimum Gasteiger partial charge on any atom is -0.313 e. The quantitative estimate of drug-likeness (QED) is 0.718. The molecule has 2 rings (SSSR count). The van der Waals surface area contributed by atoms with E-state index in [-0.39, 0.29) is 0 Å².